The number of hydrogen-bond donors (Lipinski definition) is 2. The van der Waals surface area contributed by atoms with Crippen molar-refractivity contribution in [2.75, 3.05) is 13.1 Å². The van der Waals surface area contributed by atoms with E-state index in [-0.39, 0.29) is 15.5 Å². The third kappa shape index (κ3) is 6.06. The number of hydrogen-bond acceptors (Lipinski definition) is 4. The molecular formula is C20H21Cl2N3O4S. The second-order valence-corrected chi connectivity index (χ2v) is 8.84. The van der Waals surface area contributed by atoms with Crippen LogP contribution in [0.15, 0.2) is 53.4 Å². The van der Waals surface area contributed by atoms with Gasteiger partial charge in [0.25, 0.3) is 11.8 Å². The molecule has 0 aliphatic heterocycles. The van der Waals surface area contributed by atoms with Gasteiger partial charge in [-0.2, -0.15) is 4.31 Å². The molecule has 2 amide bonds. The van der Waals surface area contributed by atoms with Gasteiger partial charge in [-0.05, 0) is 42.0 Å². The Morgan fingerprint density at radius 1 is 1.00 bits per heavy atom. The van der Waals surface area contributed by atoms with Crippen LogP contribution in [-0.2, 0) is 14.8 Å². The van der Waals surface area contributed by atoms with Crippen molar-refractivity contribution in [2.24, 2.45) is 0 Å². The monoisotopic (exact) mass is 469 g/mol. The van der Waals surface area contributed by atoms with Gasteiger partial charge in [0.05, 0.1) is 15.5 Å². The van der Waals surface area contributed by atoms with Crippen LogP contribution in [0.4, 0.5) is 0 Å². The number of nitrogens with one attached hydrogen (secondary N) is 2. The first-order valence-corrected chi connectivity index (χ1v) is 11.2. The van der Waals surface area contributed by atoms with Crippen molar-refractivity contribution in [2.45, 2.75) is 18.7 Å². The minimum Gasteiger partial charge on any atom is -0.268 e. The Hall–Kier alpha value is -2.39. The van der Waals surface area contributed by atoms with Gasteiger partial charge in [0.1, 0.15) is 0 Å². The van der Waals surface area contributed by atoms with Crippen LogP contribution < -0.4 is 10.9 Å². The van der Waals surface area contributed by atoms with Crippen molar-refractivity contribution >= 4 is 51.1 Å². The molecule has 0 saturated heterocycles. The van der Waals surface area contributed by atoms with Crippen LogP contribution in [-0.4, -0.2) is 37.6 Å². The number of amides is 2. The van der Waals surface area contributed by atoms with E-state index in [9.17, 15) is 18.0 Å². The number of rotatable bonds is 7. The minimum absolute atomic E-state index is 0.124. The Labute approximate surface area is 185 Å². The molecule has 0 radical (unpaired) electrons. The van der Waals surface area contributed by atoms with Gasteiger partial charge in [-0.3, -0.25) is 20.4 Å². The van der Waals surface area contributed by atoms with Gasteiger partial charge >= 0.3 is 0 Å². The second-order valence-electron chi connectivity index (χ2n) is 6.06. The predicted octanol–water partition coefficient (Wildman–Crippen LogP) is 3.50. The summed E-state index contributed by atoms with van der Waals surface area (Å²) in [5.41, 5.74) is 5.22. The Morgan fingerprint density at radius 3 is 2.23 bits per heavy atom. The summed E-state index contributed by atoms with van der Waals surface area (Å²) in [7, 11) is -3.54. The Kier molecular flexibility index (Phi) is 8.43. The molecule has 160 valence electrons. The van der Waals surface area contributed by atoms with Crippen molar-refractivity contribution < 1.29 is 18.0 Å². The van der Waals surface area contributed by atoms with Gasteiger partial charge in [0.15, 0.2) is 0 Å². The molecule has 0 bridgehead atoms. The Bertz CT molecular complexity index is 1050. The summed E-state index contributed by atoms with van der Waals surface area (Å²) in [5, 5.41) is 0.531. The van der Waals surface area contributed by atoms with Gasteiger partial charge in [-0.15, -0.1) is 0 Å². The summed E-state index contributed by atoms with van der Waals surface area (Å²) in [4.78, 5) is 24.2. The molecule has 2 rings (SSSR count). The smallest absolute Gasteiger partial charge is 0.268 e. The number of hydrazine groups is 1. The second kappa shape index (κ2) is 10.6. The quantitative estimate of drug-likeness (QED) is 0.478. The lowest BCUT2D eigenvalue weighted by atomic mass is 10.2. The molecule has 0 atom stereocenters. The molecule has 0 aliphatic rings. The van der Waals surface area contributed by atoms with Crippen LogP contribution in [0.5, 0.6) is 0 Å². The topological polar surface area (TPSA) is 95.6 Å². The standard InChI is InChI=1S/C20H21Cl2N3O4S/c1-3-25(4-2)30(28,29)16-9-5-14(6-10-16)7-12-19(26)23-24-20(27)17-13-15(21)8-11-18(17)22/h5-13H,3-4H2,1-2H3,(H,23,26)(H,24,27)/b12-7+. The summed E-state index contributed by atoms with van der Waals surface area (Å²) >= 11 is 11.8. The molecule has 0 aliphatic carbocycles. The highest BCUT2D eigenvalue weighted by molar-refractivity contribution is 7.89. The number of sulfonamides is 1. The molecule has 2 aromatic rings. The van der Waals surface area contributed by atoms with E-state index in [0.29, 0.717) is 23.7 Å². The van der Waals surface area contributed by atoms with E-state index in [2.05, 4.69) is 10.9 Å². The number of halogens is 2. The van der Waals surface area contributed by atoms with Gasteiger partial charge in [-0.25, -0.2) is 8.42 Å². The van der Waals surface area contributed by atoms with Gasteiger partial charge in [-0.1, -0.05) is 49.2 Å². The van der Waals surface area contributed by atoms with E-state index >= 15 is 0 Å². The molecule has 0 aromatic heterocycles. The largest absolute Gasteiger partial charge is 0.271 e. The van der Waals surface area contributed by atoms with Crippen LogP contribution >= 0.6 is 23.2 Å². The van der Waals surface area contributed by atoms with E-state index in [1.54, 1.807) is 32.0 Å². The summed E-state index contributed by atoms with van der Waals surface area (Å²) in [6.07, 6.45) is 2.69. The number of carbonyl (C=O) groups excluding carboxylic acids is 2. The van der Waals surface area contributed by atoms with Crippen molar-refractivity contribution in [1.29, 1.82) is 0 Å². The zero-order valence-electron chi connectivity index (χ0n) is 16.4. The first-order chi connectivity index (χ1) is 14.2. The van der Waals surface area contributed by atoms with Crippen LogP contribution in [0.3, 0.4) is 0 Å². The Morgan fingerprint density at radius 2 is 1.63 bits per heavy atom. The number of nitrogens with zero attached hydrogens (tertiary/aromatic N) is 1. The maximum Gasteiger partial charge on any atom is 0.271 e. The highest BCUT2D eigenvalue weighted by Crippen LogP contribution is 2.20. The van der Waals surface area contributed by atoms with E-state index in [0.717, 1.165) is 0 Å². The fraction of sp³-hybridized carbons (Fsp3) is 0.200. The van der Waals surface area contributed by atoms with Crippen molar-refractivity contribution in [3.8, 4) is 0 Å². The molecular weight excluding hydrogens is 449 g/mol. The maximum absolute atomic E-state index is 12.5. The van der Waals surface area contributed by atoms with Gasteiger partial charge in [0.2, 0.25) is 10.0 Å². The predicted molar refractivity (Wildman–Crippen MR) is 118 cm³/mol. The molecule has 7 nitrogen and oxygen atoms in total. The summed E-state index contributed by atoms with van der Waals surface area (Å²) < 4.78 is 26.3. The molecule has 2 N–H and O–H groups in total. The highest BCUT2D eigenvalue weighted by atomic mass is 35.5. The highest BCUT2D eigenvalue weighted by Gasteiger charge is 2.20. The third-order valence-corrected chi connectivity index (χ3v) is 6.75. The summed E-state index contributed by atoms with van der Waals surface area (Å²) in [6, 6.07) is 10.5. The van der Waals surface area contributed by atoms with Crippen molar-refractivity contribution in [3.05, 3.63) is 69.7 Å². The molecule has 30 heavy (non-hydrogen) atoms. The van der Waals surface area contributed by atoms with Crippen LogP contribution in [0, 0.1) is 0 Å². The van der Waals surface area contributed by atoms with Crippen molar-refractivity contribution in [1.82, 2.24) is 15.2 Å². The van der Waals surface area contributed by atoms with E-state index in [1.807, 2.05) is 0 Å². The Balaban J connectivity index is 1.98. The average Bonchev–Trinajstić information content (AvgIpc) is 2.73. The lowest BCUT2D eigenvalue weighted by Crippen LogP contribution is -2.40. The van der Waals surface area contributed by atoms with Crippen molar-refractivity contribution in [3.63, 3.8) is 0 Å². The van der Waals surface area contributed by atoms with Gasteiger partial charge < -0.3 is 0 Å². The fourth-order valence-electron chi connectivity index (χ4n) is 2.53. The molecule has 0 unspecified atom stereocenters. The number of benzene rings is 2. The lowest BCUT2D eigenvalue weighted by molar-refractivity contribution is -0.117. The van der Waals surface area contributed by atoms with Gasteiger partial charge in [0, 0.05) is 24.2 Å². The zero-order chi connectivity index (χ0) is 22.3. The molecule has 2 aromatic carbocycles. The van der Waals surface area contributed by atoms with E-state index < -0.39 is 21.8 Å². The zero-order valence-corrected chi connectivity index (χ0v) is 18.7. The number of carbonyl (C=O) groups is 2. The molecule has 0 heterocycles. The fourth-order valence-corrected chi connectivity index (χ4v) is 4.37. The minimum atomic E-state index is -3.54. The summed E-state index contributed by atoms with van der Waals surface area (Å²) in [5.74, 6) is -1.20. The van der Waals surface area contributed by atoms with E-state index in [4.69, 9.17) is 23.2 Å². The SMILES string of the molecule is CCN(CC)S(=O)(=O)c1ccc(/C=C/C(=O)NNC(=O)c2cc(Cl)ccc2Cl)cc1. The normalized spacial score (nSPS) is 11.6. The average molecular weight is 470 g/mol. The molecule has 0 spiro atoms. The molecule has 0 saturated carbocycles. The lowest BCUT2D eigenvalue weighted by Gasteiger charge is -2.18. The maximum atomic E-state index is 12.5. The molecule has 10 heteroatoms. The van der Waals surface area contributed by atoms with E-state index in [1.165, 1.54) is 40.7 Å². The van der Waals surface area contributed by atoms with Crippen LogP contribution in [0.2, 0.25) is 10.0 Å². The summed E-state index contributed by atoms with van der Waals surface area (Å²) in [6.45, 7) is 4.31. The third-order valence-electron chi connectivity index (χ3n) is 4.12. The molecule has 0 fully saturated rings. The van der Waals surface area contributed by atoms with Crippen LogP contribution in [0.1, 0.15) is 29.8 Å². The first kappa shape index (κ1) is 23.9. The first-order valence-electron chi connectivity index (χ1n) is 9.02. The van der Waals surface area contributed by atoms with Crippen LogP contribution in [0.25, 0.3) is 6.08 Å².